The number of nitrogens with one attached hydrogen (secondary N) is 1. The van der Waals surface area contributed by atoms with Crippen molar-refractivity contribution in [3.05, 3.63) is 0 Å². The van der Waals surface area contributed by atoms with Gasteiger partial charge in [0.15, 0.2) is 0 Å². The lowest BCUT2D eigenvalue weighted by atomic mass is 10.1. The Bertz CT molecular complexity index is 166. The third-order valence-electron chi connectivity index (χ3n) is 3.60. The SMILES string of the molecule is CC1C(N)CCN1CC1CCNC1. The van der Waals surface area contributed by atoms with E-state index in [-0.39, 0.29) is 0 Å². The average Bonchev–Trinajstić information content (AvgIpc) is 2.71. The molecule has 0 aliphatic carbocycles. The molecule has 2 aliphatic rings. The molecule has 3 nitrogen and oxygen atoms in total. The van der Waals surface area contributed by atoms with E-state index >= 15 is 0 Å². The van der Waals surface area contributed by atoms with Crippen molar-refractivity contribution in [2.24, 2.45) is 11.7 Å². The smallest absolute Gasteiger partial charge is 0.0219 e. The molecule has 2 heterocycles. The molecule has 0 aromatic rings. The minimum atomic E-state index is 0.411. The van der Waals surface area contributed by atoms with Crippen LogP contribution in [0.3, 0.4) is 0 Å². The van der Waals surface area contributed by atoms with Gasteiger partial charge in [0.25, 0.3) is 0 Å². The predicted octanol–water partition coefficient (Wildman–Crippen LogP) is 0.0174. The first-order chi connectivity index (χ1) is 6.27. The molecule has 2 fully saturated rings. The molecule has 2 rings (SSSR count). The lowest BCUT2D eigenvalue weighted by molar-refractivity contribution is 0.225. The zero-order valence-electron chi connectivity index (χ0n) is 8.50. The maximum absolute atomic E-state index is 5.99. The van der Waals surface area contributed by atoms with Crippen molar-refractivity contribution in [2.75, 3.05) is 26.2 Å². The highest BCUT2D eigenvalue weighted by atomic mass is 15.2. The van der Waals surface area contributed by atoms with Crippen LogP contribution in [0.2, 0.25) is 0 Å². The zero-order valence-corrected chi connectivity index (χ0v) is 8.50. The van der Waals surface area contributed by atoms with E-state index in [4.69, 9.17) is 5.73 Å². The van der Waals surface area contributed by atoms with Crippen LogP contribution < -0.4 is 11.1 Å². The minimum absolute atomic E-state index is 0.411. The molecule has 2 aliphatic heterocycles. The van der Waals surface area contributed by atoms with Gasteiger partial charge >= 0.3 is 0 Å². The summed E-state index contributed by atoms with van der Waals surface area (Å²) >= 11 is 0. The Morgan fingerprint density at radius 1 is 1.46 bits per heavy atom. The van der Waals surface area contributed by atoms with Gasteiger partial charge in [0.2, 0.25) is 0 Å². The molecule has 13 heavy (non-hydrogen) atoms. The molecule has 0 bridgehead atoms. The Balaban J connectivity index is 1.81. The summed E-state index contributed by atoms with van der Waals surface area (Å²) in [5.74, 6) is 0.868. The molecule has 2 saturated heterocycles. The van der Waals surface area contributed by atoms with Crippen molar-refractivity contribution in [2.45, 2.75) is 31.8 Å². The number of hydrogen-bond donors (Lipinski definition) is 2. The van der Waals surface area contributed by atoms with Crippen LogP contribution in [0.5, 0.6) is 0 Å². The third-order valence-corrected chi connectivity index (χ3v) is 3.60. The molecule has 3 heteroatoms. The lowest BCUT2D eigenvalue weighted by Gasteiger charge is -2.25. The van der Waals surface area contributed by atoms with Gasteiger partial charge in [0.1, 0.15) is 0 Å². The molecule has 3 atom stereocenters. The van der Waals surface area contributed by atoms with E-state index in [9.17, 15) is 0 Å². The first-order valence-corrected chi connectivity index (χ1v) is 5.47. The van der Waals surface area contributed by atoms with E-state index in [1.54, 1.807) is 0 Å². The van der Waals surface area contributed by atoms with Gasteiger partial charge in [-0.3, -0.25) is 4.90 Å². The van der Waals surface area contributed by atoms with E-state index in [0.29, 0.717) is 12.1 Å². The number of rotatable bonds is 2. The molecule has 0 aromatic heterocycles. The Morgan fingerprint density at radius 2 is 2.31 bits per heavy atom. The van der Waals surface area contributed by atoms with Gasteiger partial charge < -0.3 is 11.1 Å². The van der Waals surface area contributed by atoms with E-state index in [0.717, 1.165) is 5.92 Å². The second-order valence-corrected chi connectivity index (χ2v) is 4.55. The van der Waals surface area contributed by atoms with Crippen LogP contribution in [-0.2, 0) is 0 Å². The maximum Gasteiger partial charge on any atom is 0.0219 e. The second-order valence-electron chi connectivity index (χ2n) is 4.55. The van der Waals surface area contributed by atoms with Crippen LogP contribution in [0.1, 0.15) is 19.8 Å². The quantitative estimate of drug-likeness (QED) is 0.634. The van der Waals surface area contributed by atoms with E-state index in [1.807, 2.05) is 0 Å². The lowest BCUT2D eigenvalue weighted by Crippen LogP contribution is -2.39. The normalized spacial score (nSPS) is 41.5. The molecule has 3 N–H and O–H groups in total. The Morgan fingerprint density at radius 3 is 2.85 bits per heavy atom. The fraction of sp³-hybridized carbons (Fsp3) is 1.00. The van der Waals surface area contributed by atoms with E-state index in [1.165, 1.54) is 39.0 Å². The van der Waals surface area contributed by atoms with E-state index in [2.05, 4.69) is 17.1 Å². The maximum atomic E-state index is 5.99. The molecular formula is C10H21N3. The molecule has 3 unspecified atom stereocenters. The van der Waals surface area contributed by atoms with Crippen LogP contribution in [0.25, 0.3) is 0 Å². The first-order valence-electron chi connectivity index (χ1n) is 5.47. The van der Waals surface area contributed by atoms with Crippen LogP contribution in [0.4, 0.5) is 0 Å². The van der Waals surface area contributed by atoms with Gasteiger partial charge in [-0.15, -0.1) is 0 Å². The highest BCUT2D eigenvalue weighted by Crippen LogP contribution is 2.19. The summed E-state index contributed by atoms with van der Waals surface area (Å²) in [4.78, 5) is 2.56. The zero-order chi connectivity index (χ0) is 9.26. The van der Waals surface area contributed by atoms with Crippen molar-refractivity contribution in [3.8, 4) is 0 Å². The molecule has 0 spiro atoms. The standard InChI is InChI=1S/C10H21N3/c1-8-10(11)3-5-13(8)7-9-2-4-12-6-9/h8-10,12H,2-7,11H2,1H3. The molecule has 0 aromatic carbocycles. The minimum Gasteiger partial charge on any atom is -0.326 e. The average molecular weight is 183 g/mol. The van der Waals surface area contributed by atoms with Gasteiger partial charge in [-0.25, -0.2) is 0 Å². The van der Waals surface area contributed by atoms with Crippen LogP contribution in [0, 0.1) is 5.92 Å². The van der Waals surface area contributed by atoms with Crippen LogP contribution in [-0.4, -0.2) is 43.2 Å². The summed E-state index contributed by atoms with van der Waals surface area (Å²) in [6, 6.07) is 1.01. The highest BCUT2D eigenvalue weighted by molar-refractivity contribution is 4.88. The Labute approximate surface area is 80.7 Å². The summed E-state index contributed by atoms with van der Waals surface area (Å²) in [6.07, 6.45) is 2.53. The summed E-state index contributed by atoms with van der Waals surface area (Å²) < 4.78 is 0. The summed E-state index contributed by atoms with van der Waals surface area (Å²) in [5.41, 5.74) is 5.99. The molecule has 0 radical (unpaired) electrons. The monoisotopic (exact) mass is 183 g/mol. The second kappa shape index (κ2) is 3.95. The third kappa shape index (κ3) is 2.03. The predicted molar refractivity (Wildman–Crippen MR) is 54.6 cm³/mol. The molecule has 76 valence electrons. The molecule has 0 amide bonds. The fourth-order valence-corrected chi connectivity index (χ4v) is 2.49. The first kappa shape index (κ1) is 9.44. The van der Waals surface area contributed by atoms with Gasteiger partial charge in [0.05, 0.1) is 0 Å². The van der Waals surface area contributed by atoms with Crippen molar-refractivity contribution >= 4 is 0 Å². The van der Waals surface area contributed by atoms with Gasteiger partial charge in [-0.2, -0.15) is 0 Å². The number of nitrogens with zero attached hydrogens (tertiary/aromatic N) is 1. The summed E-state index contributed by atoms with van der Waals surface area (Å²) in [7, 11) is 0. The molecular weight excluding hydrogens is 162 g/mol. The Hall–Kier alpha value is -0.120. The van der Waals surface area contributed by atoms with Crippen molar-refractivity contribution in [1.82, 2.24) is 10.2 Å². The van der Waals surface area contributed by atoms with E-state index < -0.39 is 0 Å². The largest absolute Gasteiger partial charge is 0.326 e. The van der Waals surface area contributed by atoms with Crippen molar-refractivity contribution in [1.29, 1.82) is 0 Å². The number of hydrogen-bond acceptors (Lipinski definition) is 3. The Kier molecular flexibility index (Phi) is 2.86. The highest BCUT2D eigenvalue weighted by Gasteiger charge is 2.29. The van der Waals surface area contributed by atoms with Crippen LogP contribution >= 0.6 is 0 Å². The van der Waals surface area contributed by atoms with Gasteiger partial charge in [-0.05, 0) is 38.8 Å². The topological polar surface area (TPSA) is 41.3 Å². The van der Waals surface area contributed by atoms with Gasteiger partial charge in [-0.1, -0.05) is 0 Å². The van der Waals surface area contributed by atoms with Crippen molar-refractivity contribution < 1.29 is 0 Å². The summed E-state index contributed by atoms with van der Waals surface area (Å²) in [5, 5.41) is 3.41. The fourth-order valence-electron chi connectivity index (χ4n) is 2.49. The van der Waals surface area contributed by atoms with Crippen LogP contribution in [0.15, 0.2) is 0 Å². The summed E-state index contributed by atoms with van der Waals surface area (Å²) in [6.45, 7) is 7.14. The molecule has 0 saturated carbocycles. The van der Waals surface area contributed by atoms with Gasteiger partial charge in [0, 0.05) is 25.2 Å². The number of nitrogens with two attached hydrogens (primary N) is 1. The number of likely N-dealkylation sites (tertiary alicyclic amines) is 1. The van der Waals surface area contributed by atoms with Crippen molar-refractivity contribution in [3.63, 3.8) is 0 Å².